The number of para-hydroxylation sites is 1. The zero-order valence-corrected chi connectivity index (χ0v) is 15.0. The lowest BCUT2D eigenvalue weighted by molar-refractivity contribution is -0.134. The van der Waals surface area contributed by atoms with Crippen LogP contribution in [0.2, 0.25) is 0 Å². The van der Waals surface area contributed by atoms with Crippen LogP contribution in [-0.4, -0.2) is 46.7 Å². The van der Waals surface area contributed by atoms with Crippen LogP contribution >= 0.6 is 0 Å². The Morgan fingerprint density at radius 2 is 2.15 bits per heavy atom. The molecule has 2 saturated heterocycles. The average Bonchev–Trinajstić information content (AvgIpc) is 3.11. The number of hydrogen-bond acceptors (Lipinski definition) is 4. The standard InChI is InChI=1S/C20H25N3O3/c24-18(22-11-4-8-20(13-22)9-12-26-14-20)7-3-10-23-15-21-17-6-2-1-5-16(17)19(23)25/h1-2,5-6,15H,3-4,7-14H2. The monoisotopic (exact) mass is 355 g/mol. The fraction of sp³-hybridized carbons (Fsp3) is 0.550. The lowest BCUT2D eigenvalue weighted by Gasteiger charge is -2.39. The molecule has 3 heterocycles. The van der Waals surface area contributed by atoms with Gasteiger partial charge >= 0.3 is 0 Å². The molecule has 0 saturated carbocycles. The highest BCUT2D eigenvalue weighted by Crippen LogP contribution is 2.37. The van der Waals surface area contributed by atoms with E-state index in [1.807, 2.05) is 23.1 Å². The van der Waals surface area contributed by atoms with Gasteiger partial charge in [0, 0.05) is 38.1 Å². The van der Waals surface area contributed by atoms with Gasteiger partial charge in [-0.3, -0.25) is 14.2 Å². The predicted molar refractivity (Wildman–Crippen MR) is 98.9 cm³/mol. The highest BCUT2D eigenvalue weighted by atomic mass is 16.5. The van der Waals surface area contributed by atoms with Crippen molar-refractivity contribution < 1.29 is 9.53 Å². The Balaban J connectivity index is 1.35. The number of fused-ring (bicyclic) bond motifs is 1. The lowest BCUT2D eigenvalue weighted by atomic mass is 9.79. The van der Waals surface area contributed by atoms with Gasteiger partial charge in [-0.05, 0) is 37.8 Å². The second-order valence-electron chi connectivity index (χ2n) is 7.59. The number of ether oxygens (including phenoxy) is 1. The van der Waals surface area contributed by atoms with Gasteiger partial charge in [-0.25, -0.2) is 4.98 Å². The molecule has 2 fully saturated rings. The molecular weight excluding hydrogens is 330 g/mol. The molecule has 0 N–H and O–H groups in total. The molecule has 1 spiro atoms. The fourth-order valence-electron chi connectivity index (χ4n) is 4.22. The summed E-state index contributed by atoms with van der Waals surface area (Å²) >= 11 is 0. The van der Waals surface area contributed by atoms with Crippen LogP contribution in [0, 0.1) is 5.41 Å². The molecular formula is C20H25N3O3. The molecule has 6 heteroatoms. The number of amides is 1. The summed E-state index contributed by atoms with van der Waals surface area (Å²) in [6, 6.07) is 7.35. The van der Waals surface area contributed by atoms with Gasteiger partial charge in [0.1, 0.15) is 0 Å². The largest absolute Gasteiger partial charge is 0.381 e. The van der Waals surface area contributed by atoms with Gasteiger partial charge in [-0.15, -0.1) is 0 Å². The fourth-order valence-corrected chi connectivity index (χ4v) is 4.22. The minimum absolute atomic E-state index is 0.0388. The molecule has 138 valence electrons. The number of piperidine rings is 1. The quantitative estimate of drug-likeness (QED) is 0.843. The van der Waals surface area contributed by atoms with Gasteiger partial charge in [0.15, 0.2) is 0 Å². The molecule has 4 rings (SSSR count). The number of aryl methyl sites for hydroxylation is 1. The van der Waals surface area contributed by atoms with Crippen molar-refractivity contribution in [3.63, 3.8) is 0 Å². The Hall–Kier alpha value is -2.21. The summed E-state index contributed by atoms with van der Waals surface area (Å²) in [6.07, 6.45) is 5.99. The first-order valence-corrected chi connectivity index (χ1v) is 9.47. The molecule has 1 aromatic carbocycles. The molecule has 0 radical (unpaired) electrons. The zero-order chi connectivity index (χ0) is 18.0. The van der Waals surface area contributed by atoms with E-state index in [0.29, 0.717) is 30.3 Å². The summed E-state index contributed by atoms with van der Waals surface area (Å²) in [7, 11) is 0. The maximum Gasteiger partial charge on any atom is 0.261 e. The number of hydrogen-bond donors (Lipinski definition) is 0. The molecule has 2 aliphatic heterocycles. The van der Waals surface area contributed by atoms with E-state index < -0.39 is 0 Å². The van der Waals surface area contributed by atoms with Crippen LogP contribution in [0.15, 0.2) is 35.4 Å². The lowest BCUT2D eigenvalue weighted by Crippen LogP contribution is -2.46. The van der Waals surface area contributed by atoms with Crippen LogP contribution in [0.25, 0.3) is 10.9 Å². The number of aromatic nitrogens is 2. The Bertz CT molecular complexity index is 855. The number of carbonyl (C=O) groups is 1. The van der Waals surface area contributed by atoms with Gasteiger partial charge in [0.25, 0.3) is 5.56 Å². The van der Waals surface area contributed by atoms with E-state index in [4.69, 9.17) is 4.74 Å². The van der Waals surface area contributed by atoms with E-state index >= 15 is 0 Å². The van der Waals surface area contributed by atoms with Crippen LogP contribution < -0.4 is 5.56 Å². The van der Waals surface area contributed by atoms with Gasteiger partial charge in [-0.1, -0.05) is 12.1 Å². The Kier molecular flexibility index (Phi) is 4.76. The first-order chi connectivity index (χ1) is 12.7. The third-order valence-electron chi connectivity index (χ3n) is 5.72. The van der Waals surface area contributed by atoms with Gasteiger partial charge in [0.05, 0.1) is 23.8 Å². The molecule has 1 unspecified atom stereocenters. The van der Waals surface area contributed by atoms with Crippen molar-refractivity contribution in [2.24, 2.45) is 5.41 Å². The smallest absolute Gasteiger partial charge is 0.261 e. The summed E-state index contributed by atoms with van der Waals surface area (Å²) in [5.41, 5.74) is 0.859. The first-order valence-electron chi connectivity index (χ1n) is 9.47. The Labute approximate surface area is 152 Å². The highest BCUT2D eigenvalue weighted by molar-refractivity contribution is 5.77. The predicted octanol–water partition coefficient (Wildman–Crippen LogP) is 2.21. The van der Waals surface area contributed by atoms with Gasteiger partial charge < -0.3 is 9.64 Å². The summed E-state index contributed by atoms with van der Waals surface area (Å²) in [4.78, 5) is 31.4. The van der Waals surface area contributed by atoms with E-state index in [-0.39, 0.29) is 16.9 Å². The number of nitrogens with zero attached hydrogens (tertiary/aromatic N) is 3. The SMILES string of the molecule is O=C(CCCn1cnc2ccccc2c1=O)N1CCCC2(CCOC2)C1. The molecule has 1 atom stereocenters. The van der Waals surface area contributed by atoms with E-state index in [1.165, 1.54) is 0 Å². The zero-order valence-electron chi connectivity index (χ0n) is 15.0. The first kappa shape index (κ1) is 17.2. The minimum Gasteiger partial charge on any atom is -0.381 e. The average molecular weight is 355 g/mol. The molecule has 26 heavy (non-hydrogen) atoms. The van der Waals surface area contributed by atoms with Crippen molar-refractivity contribution >= 4 is 16.8 Å². The van der Waals surface area contributed by atoms with Crippen molar-refractivity contribution in [2.75, 3.05) is 26.3 Å². The summed E-state index contributed by atoms with van der Waals surface area (Å²) in [5.74, 6) is 0.192. The van der Waals surface area contributed by atoms with Gasteiger partial charge in [0.2, 0.25) is 5.91 Å². The number of likely N-dealkylation sites (tertiary alicyclic amines) is 1. The van der Waals surface area contributed by atoms with Crippen molar-refractivity contribution in [1.82, 2.24) is 14.5 Å². The van der Waals surface area contributed by atoms with Crippen LogP contribution in [0.5, 0.6) is 0 Å². The number of carbonyl (C=O) groups excluding carboxylic acids is 1. The molecule has 1 amide bonds. The Morgan fingerprint density at radius 1 is 1.27 bits per heavy atom. The van der Waals surface area contributed by atoms with Crippen LogP contribution in [0.1, 0.15) is 32.1 Å². The Morgan fingerprint density at radius 3 is 3.00 bits per heavy atom. The van der Waals surface area contributed by atoms with E-state index in [9.17, 15) is 9.59 Å². The molecule has 2 aromatic rings. The summed E-state index contributed by atoms with van der Waals surface area (Å²) in [5, 5.41) is 0.625. The van der Waals surface area contributed by atoms with E-state index in [2.05, 4.69) is 4.98 Å². The minimum atomic E-state index is -0.0388. The third kappa shape index (κ3) is 3.38. The normalized spacial score (nSPS) is 23.0. The number of rotatable bonds is 4. The molecule has 6 nitrogen and oxygen atoms in total. The second-order valence-corrected chi connectivity index (χ2v) is 7.59. The van der Waals surface area contributed by atoms with Crippen LogP contribution in [-0.2, 0) is 16.1 Å². The molecule has 1 aromatic heterocycles. The second kappa shape index (κ2) is 7.19. The third-order valence-corrected chi connectivity index (χ3v) is 5.72. The summed E-state index contributed by atoms with van der Waals surface area (Å²) < 4.78 is 7.18. The highest BCUT2D eigenvalue weighted by Gasteiger charge is 2.39. The topological polar surface area (TPSA) is 64.4 Å². The maximum atomic E-state index is 12.6. The van der Waals surface area contributed by atoms with E-state index in [0.717, 1.165) is 45.6 Å². The van der Waals surface area contributed by atoms with Crippen LogP contribution in [0.3, 0.4) is 0 Å². The van der Waals surface area contributed by atoms with Crippen molar-refractivity contribution in [2.45, 2.75) is 38.6 Å². The summed E-state index contributed by atoms with van der Waals surface area (Å²) in [6.45, 7) is 3.79. The van der Waals surface area contributed by atoms with Gasteiger partial charge in [-0.2, -0.15) is 0 Å². The molecule has 2 aliphatic rings. The van der Waals surface area contributed by atoms with Crippen molar-refractivity contribution in [3.8, 4) is 0 Å². The molecule has 0 aliphatic carbocycles. The van der Waals surface area contributed by atoms with Crippen molar-refractivity contribution in [1.29, 1.82) is 0 Å². The number of benzene rings is 1. The molecule has 0 bridgehead atoms. The van der Waals surface area contributed by atoms with E-state index in [1.54, 1.807) is 17.0 Å². The van der Waals surface area contributed by atoms with Crippen LogP contribution in [0.4, 0.5) is 0 Å². The van der Waals surface area contributed by atoms with Crippen molar-refractivity contribution in [3.05, 3.63) is 40.9 Å². The maximum absolute atomic E-state index is 12.6.